The first-order valence-corrected chi connectivity index (χ1v) is 10.1. The van der Waals surface area contributed by atoms with Gasteiger partial charge >= 0.3 is 0 Å². The molecule has 3 aromatic heterocycles. The monoisotopic (exact) mass is 425 g/mol. The van der Waals surface area contributed by atoms with E-state index < -0.39 is 0 Å². The summed E-state index contributed by atoms with van der Waals surface area (Å²) in [6, 6.07) is 7.36. The molecule has 1 aromatic carbocycles. The molecule has 1 aliphatic rings. The van der Waals surface area contributed by atoms with Crippen molar-refractivity contribution < 1.29 is 0 Å². The summed E-state index contributed by atoms with van der Waals surface area (Å²) in [4.78, 5) is 22.1. The molecule has 0 radical (unpaired) electrons. The Bertz CT molecular complexity index is 1380. The summed E-state index contributed by atoms with van der Waals surface area (Å²) in [5, 5.41) is 6.79. The smallest absolute Gasteiger partial charge is 0.261 e. The SMILES string of the molecule is CC(C)n1ncc2cc(C=C3CCn4c3nc3ccc(Cl)cc3c4=O)c(Cl)nc21. The molecule has 4 heterocycles. The van der Waals surface area contributed by atoms with E-state index >= 15 is 0 Å². The molecule has 1 aliphatic heterocycles. The molecule has 0 amide bonds. The van der Waals surface area contributed by atoms with E-state index in [9.17, 15) is 4.79 Å². The lowest BCUT2D eigenvalue weighted by molar-refractivity contribution is 0.546. The maximum atomic E-state index is 12.9. The number of allylic oxidation sites excluding steroid dienone is 1. The van der Waals surface area contributed by atoms with Crippen molar-refractivity contribution in [2.75, 3.05) is 0 Å². The summed E-state index contributed by atoms with van der Waals surface area (Å²) in [5.41, 5.74) is 3.07. The van der Waals surface area contributed by atoms with Crippen LogP contribution in [0.3, 0.4) is 0 Å². The summed E-state index contributed by atoms with van der Waals surface area (Å²) < 4.78 is 3.54. The largest absolute Gasteiger partial charge is 0.292 e. The summed E-state index contributed by atoms with van der Waals surface area (Å²) in [6.45, 7) is 4.68. The topological polar surface area (TPSA) is 65.6 Å². The molecule has 0 unspecified atom stereocenters. The molecule has 0 atom stereocenters. The minimum absolute atomic E-state index is 0.0752. The van der Waals surface area contributed by atoms with Gasteiger partial charge in [0.2, 0.25) is 0 Å². The number of benzene rings is 1. The van der Waals surface area contributed by atoms with Gasteiger partial charge in [-0.2, -0.15) is 5.10 Å². The molecule has 0 aliphatic carbocycles. The predicted octanol–water partition coefficient (Wildman–Crippen LogP) is 4.97. The van der Waals surface area contributed by atoms with Crippen LogP contribution in [0.25, 0.3) is 33.6 Å². The number of aromatic nitrogens is 5. The summed E-state index contributed by atoms with van der Waals surface area (Å²) in [7, 11) is 0. The second kappa shape index (κ2) is 6.68. The number of rotatable bonds is 2. The first kappa shape index (κ1) is 18.3. The normalized spacial score (nSPS) is 15.1. The highest BCUT2D eigenvalue weighted by atomic mass is 35.5. The standard InChI is InChI=1S/C21H17Cl2N5O/c1-11(2)28-20-14(10-24-28)8-13(18(23)26-20)7-12-5-6-27-19(12)25-17-4-3-15(22)9-16(17)21(27)29/h3-4,7-11H,5-6H2,1-2H3. The zero-order valence-electron chi connectivity index (χ0n) is 15.9. The quantitative estimate of drug-likeness (QED) is 0.425. The number of hydrogen-bond acceptors (Lipinski definition) is 4. The van der Waals surface area contributed by atoms with Gasteiger partial charge in [-0.05, 0) is 56.2 Å². The fourth-order valence-electron chi connectivity index (χ4n) is 3.76. The maximum Gasteiger partial charge on any atom is 0.261 e. The van der Waals surface area contributed by atoms with Crippen LogP contribution in [0, 0.1) is 0 Å². The zero-order chi connectivity index (χ0) is 20.3. The Labute approximate surface area is 176 Å². The van der Waals surface area contributed by atoms with Crippen LogP contribution >= 0.6 is 23.2 Å². The summed E-state index contributed by atoms with van der Waals surface area (Å²) >= 11 is 12.5. The van der Waals surface area contributed by atoms with Gasteiger partial charge in [0.15, 0.2) is 5.65 Å². The van der Waals surface area contributed by atoms with Crippen LogP contribution < -0.4 is 5.56 Å². The highest BCUT2D eigenvalue weighted by Crippen LogP contribution is 2.31. The zero-order valence-corrected chi connectivity index (χ0v) is 17.4. The summed E-state index contributed by atoms with van der Waals surface area (Å²) in [6.07, 6.45) is 4.46. The van der Waals surface area contributed by atoms with Gasteiger partial charge in [-0.15, -0.1) is 0 Å². The van der Waals surface area contributed by atoms with Gasteiger partial charge in [-0.25, -0.2) is 14.6 Å². The van der Waals surface area contributed by atoms with Gasteiger partial charge in [-0.3, -0.25) is 9.36 Å². The molecule has 8 heteroatoms. The van der Waals surface area contributed by atoms with E-state index in [-0.39, 0.29) is 11.6 Å². The van der Waals surface area contributed by atoms with Crippen molar-refractivity contribution in [3.63, 3.8) is 0 Å². The van der Waals surface area contributed by atoms with Gasteiger partial charge in [0, 0.05) is 28.6 Å². The van der Waals surface area contributed by atoms with E-state index in [2.05, 4.69) is 10.1 Å². The highest BCUT2D eigenvalue weighted by Gasteiger charge is 2.22. The molecule has 0 saturated carbocycles. The van der Waals surface area contributed by atoms with Crippen LogP contribution in [0.5, 0.6) is 0 Å². The number of hydrogen-bond donors (Lipinski definition) is 0. The van der Waals surface area contributed by atoms with Crippen molar-refractivity contribution in [3.8, 4) is 0 Å². The lowest BCUT2D eigenvalue weighted by Crippen LogP contribution is -2.20. The fourth-order valence-corrected chi connectivity index (χ4v) is 4.13. The van der Waals surface area contributed by atoms with E-state index in [4.69, 9.17) is 28.2 Å². The fraction of sp³-hybridized carbons (Fsp3) is 0.238. The van der Waals surface area contributed by atoms with E-state index in [1.807, 2.05) is 30.7 Å². The van der Waals surface area contributed by atoms with Gasteiger partial charge in [0.1, 0.15) is 11.0 Å². The number of nitrogens with zero attached hydrogens (tertiary/aromatic N) is 5. The molecule has 0 spiro atoms. The van der Waals surface area contributed by atoms with Crippen molar-refractivity contribution in [2.24, 2.45) is 0 Å². The first-order chi connectivity index (χ1) is 13.9. The third-order valence-electron chi connectivity index (χ3n) is 5.18. The Morgan fingerprint density at radius 2 is 2.00 bits per heavy atom. The Morgan fingerprint density at radius 1 is 1.17 bits per heavy atom. The van der Waals surface area contributed by atoms with Gasteiger partial charge in [0.25, 0.3) is 5.56 Å². The average Bonchev–Trinajstić information content (AvgIpc) is 3.27. The van der Waals surface area contributed by atoms with E-state index in [0.29, 0.717) is 39.9 Å². The number of pyridine rings is 1. The predicted molar refractivity (Wildman–Crippen MR) is 116 cm³/mol. The number of fused-ring (bicyclic) bond motifs is 3. The van der Waals surface area contributed by atoms with Crippen LogP contribution in [-0.2, 0) is 6.54 Å². The molecule has 0 bridgehead atoms. The molecule has 0 fully saturated rings. The Kier molecular flexibility index (Phi) is 4.22. The molecule has 0 saturated heterocycles. The number of halogens is 2. The lowest BCUT2D eigenvalue weighted by Gasteiger charge is -2.08. The van der Waals surface area contributed by atoms with Crippen molar-refractivity contribution in [3.05, 3.63) is 62.4 Å². The second-order valence-electron chi connectivity index (χ2n) is 7.44. The molecule has 146 valence electrons. The van der Waals surface area contributed by atoms with Crippen LogP contribution in [-0.4, -0.2) is 24.3 Å². The molecule has 4 aromatic rings. The van der Waals surface area contributed by atoms with Gasteiger partial charge in [0.05, 0.1) is 17.1 Å². The van der Waals surface area contributed by atoms with Crippen molar-refractivity contribution in [1.82, 2.24) is 24.3 Å². The Morgan fingerprint density at radius 3 is 2.79 bits per heavy atom. The van der Waals surface area contributed by atoms with E-state index in [1.165, 1.54) is 0 Å². The average molecular weight is 426 g/mol. The highest BCUT2D eigenvalue weighted by molar-refractivity contribution is 6.31. The van der Waals surface area contributed by atoms with E-state index in [0.717, 1.165) is 22.2 Å². The minimum Gasteiger partial charge on any atom is -0.292 e. The molecule has 6 nitrogen and oxygen atoms in total. The second-order valence-corrected chi connectivity index (χ2v) is 8.23. The maximum absolute atomic E-state index is 12.9. The third-order valence-corrected chi connectivity index (χ3v) is 5.71. The lowest BCUT2D eigenvalue weighted by atomic mass is 10.1. The summed E-state index contributed by atoms with van der Waals surface area (Å²) in [5.74, 6) is 0.666. The van der Waals surface area contributed by atoms with Crippen molar-refractivity contribution in [2.45, 2.75) is 32.9 Å². The Balaban J connectivity index is 1.65. The first-order valence-electron chi connectivity index (χ1n) is 9.37. The Hall–Kier alpha value is -2.70. The molecule has 5 rings (SSSR count). The van der Waals surface area contributed by atoms with Crippen LogP contribution in [0.2, 0.25) is 10.2 Å². The van der Waals surface area contributed by atoms with Crippen LogP contribution in [0.1, 0.15) is 37.7 Å². The molecule has 0 N–H and O–H groups in total. The third kappa shape index (κ3) is 2.94. The van der Waals surface area contributed by atoms with Crippen molar-refractivity contribution in [1.29, 1.82) is 0 Å². The van der Waals surface area contributed by atoms with E-state index in [1.54, 1.807) is 29.0 Å². The van der Waals surface area contributed by atoms with Gasteiger partial charge < -0.3 is 0 Å². The molecular weight excluding hydrogens is 409 g/mol. The van der Waals surface area contributed by atoms with Crippen LogP contribution in [0.15, 0.2) is 35.3 Å². The van der Waals surface area contributed by atoms with Crippen LogP contribution in [0.4, 0.5) is 0 Å². The molecular formula is C21H17Cl2N5O. The van der Waals surface area contributed by atoms with Crippen molar-refractivity contribution >= 4 is 56.8 Å². The van der Waals surface area contributed by atoms with Gasteiger partial charge in [-0.1, -0.05) is 23.2 Å². The molecule has 29 heavy (non-hydrogen) atoms. The minimum atomic E-state index is -0.0752.